The third kappa shape index (κ3) is 4.54. The van der Waals surface area contributed by atoms with Crippen LogP contribution in [0.3, 0.4) is 0 Å². The van der Waals surface area contributed by atoms with Gasteiger partial charge in [0, 0.05) is 11.6 Å². The van der Waals surface area contributed by atoms with E-state index in [0.717, 1.165) is 5.56 Å². The summed E-state index contributed by atoms with van der Waals surface area (Å²) in [7, 11) is -2.25. The molecule has 0 aromatic heterocycles. The molecule has 8 heteroatoms. The predicted molar refractivity (Wildman–Crippen MR) is 94.7 cm³/mol. The normalized spacial score (nSPS) is 11.3. The van der Waals surface area contributed by atoms with Gasteiger partial charge < -0.3 is 9.47 Å². The molecule has 1 N–H and O–H groups in total. The second-order valence-electron chi connectivity index (χ2n) is 4.82. The molecule has 0 amide bonds. The fraction of sp³-hybridized carbons (Fsp3) is 0.250. The summed E-state index contributed by atoms with van der Waals surface area (Å²) in [6.45, 7) is 2.41. The van der Waals surface area contributed by atoms with Crippen molar-refractivity contribution in [2.24, 2.45) is 0 Å². The summed E-state index contributed by atoms with van der Waals surface area (Å²) < 4.78 is 38.0. The quantitative estimate of drug-likeness (QED) is 0.780. The molecule has 0 bridgehead atoms. The summed E-state index contributed by atoms with van der Waals surface area (Å²) in [6, 6.07) is 9.49. The Hall–Kier alpha value is -1.47. The number of methoxy groups -OCH3 is 1. The number of sulfonamides is 1. The highest BCUT2D eigenvalue weighted by molar-refractivity contribution is 7.89. The van der Waals surface area contributed by atoms with E-state index in [1.807, 2.05) is 6.92 Å². The molecule has 0 aliphatic rings. The van der Waals surface area contributed by atoms with E-state index in [0.29, 0.717) is 23.1 Å². The number of benzene rings is 2. The Labute approximate surface area is 151 Å². The first-order valence-corrected chi connectivity index (χ1v) is 9.35. The Morgan fingerprint density at radius 2 is 1.83 bits per heavy atom. The molecular weight excluding hydrogens is 373 g/mol. The van der Waals surface area contributed by atoms with Gasteiger partial charge in [-0.1, -0.05) is 29.3 Å². The zero-order valence-electron chi connectivity index (χ0n) is 13.2. The number of hydrogen-bond donors (Lipinski definition) is 1. The highest BCUT2D eigenvalue weighted by atomic mass is 35.5. The maximum Gasteiger partial charge on any atom is 0.242 e. The van der Waals surface area contributed by atoms with E-state index in [1.54, 1.807) is 25.3 Å². The van der Waals surface area contributed by atoms with E-state index in [4.69, 9.17) is 32.7 Å². The summed E-state index contributed by atoms with van der Waals surface area (Å²) in [5.41, 5.74) is 0.723. The lowest BCUT2D eigenvalue weighted by atomic mass is 10.2. The molecule has 2 aromatic carbocycles. The molecular formula is C16H17Cl2NO4S. The molecule has 0 aliphatic heterocycles. The van der Waals surface area contributed by atoms with Crippen LogP contribution in [0.1, 0.15) is 12.5 Å². The van der Waals surface area contributed by atoms with Crippen LogP contribution in [-0.4, -0.2) is 22.1 Å². The van der Waals surface area contributed by atoms with Crippen molar-refractivity contribution in [3.05, 3.63) is 52.0 Å². The minimum atomic E-state index is -3.79. The third-order valence-corrected chi connectivity index (χ3v) is 5.29. The predicted octanol–water partition coefficient (Wildman–Crippen LogP) is 3.88. The molecule has 2 rings (SSSR count). The minimum absolute atomic E-state index is 0.0600. The molecule has 0 saturated heterocycles. The van der Waals surface area contributed by atoms with Crippen LogP contribution >= 0.6 is 23.2 Å². The van der Waals surface area contributed by atoms with E-state index in [9.17, 15) is 8.42 Å². The Bertz CT molecular complexity index is 825. The Kier molecular flexibility index (Phi) is 6.34. The number of rotatable bonds is 7. The molecule has 0 saturated carbocycles. The van der Waals surface area contributed by atoms with Crippen molar-refractivity contribution in [2.75, 3.05) is 13.7 Å². The first-order chi connectivity index (χ1) is 11.4. The zero-order valence-corrected chi connectivity index (χ0v) is 15.5. The average Bonchev–Trinajstić information content (AvgIpc) is 2.55. The highest BCUT2D eigenvalue weighted by Gasteiger charge is 2.18. The Balaban J connectivity index is 2.20. The molecule has 0 radical (unpaired) electrons. The van der Waals surface area contributed by atoms with Crippen molar-refractivity contribution in [2.45, 2.75) is 18.4 Å². The summed E-state index contributed by atoms with van der Waals surface area (Å²) in [5, 5.41) is 0.402. The number of hydrogen-bond acceptors (Lipinski definition) is 4. The lowest BCUT2D eigenvalue weighted by Gasteiger charge is -2.12. The van der Waals surface area contributed by atoms with E-state index in [2.05, 4.69) is 4.72 Å². The molecule has 0 heterocycles. The van der Waals surface area contributed by atoms with Crippen LogP contribution < -0.4 is 14.2 Å². The lowest BCUT2D eigenvalue weighted by Crippen LogP contribution is -2.23. The molecule has 130 valence electrons. The van der Waals surface area contributed by atoms with Gasteiger partial charge in [0.2, 0.25) is 10.0 Å². The van der Waals surface area contributed by atoms with E-state index >= 15 is 0 Å². The summed E-state index contributed by atoms with van der Waals surface area (Å²) in [4.78, 5) is -0.0600. The van der Waals surface area contributed by atoms with Crippen LogP contribution in [0.2, 0.25) is 10.0 Å². The number of nitrogens with one attached hydrogen (secondary N) is 1. The van der Waals surface area contributed by atoms with Gasteiger partial charge >= 0.3 is 0 Å². The van der Waals surface area contributed by atoms with E-state index < -0.39 is 10.0 Å². The van der Waals surface area contributed by atoms with Crippen molar-refractivity contribution < 1.29 is 17.9 Å². The smallest absolute Gasteiger partial charge is 0.242 e. The van der Waals surface area contributed by atoms with Crippen LogP contribution in [0, 0.1) is 0 Å². The topological polar surface area (TPSA) is 64.6 Å². The van der Waals surface area contributed by atoms with Gasteiger partial charge in [-0.3, -0.25) is 0 Å². The second kappa shape index (κ2) is 8.07. The van der Waals surface area contributed by atoms with Crippen molar-refractivity contribution in [3.63, 3.8) is 0 Å². The number of ether oxygens (including phenoxy) is 2. The Morgan fingerprint density at radius 3 is 2.50 bits per heavy atom. The monoisotopic (exact) mass is 389 g/mol. The Morgan fingerprint density at radius 1 is 1.08 bits per heavy atom. The fourth-order valence-electron chi connectivity index (χ4n) is 2.04. The van der Waals surface area contributed by atoms with Crippen molar-refractivity contribution in [3.8, 4) is 11.5 Å². The lowest BCUT2D eigenvalue weighted by molar-refractivity contribution is 0.310. The molecule has 0 atom stereocenters. The van der Waals surface area contributed by atoms with Gasteiger partial charge in [0.15, 0.2) is 11.5 Å². The molecule has 0 fully saturated rings. The van der Waals surface area contributed by atoms with Gasteiger partial charge in [0.1, 0.15) is 4.90 Å². The largest absolute Gasteiger partial charge is 0.493 e. The maximum absolute atomic E-state index is 12.4. The SMILES string of the molecule is CCOc1cc(CNS(=O)(=O)c2cc(Cl)ccc2Cl)ccc1OC. The van der Waals surface area contributed by atoms with Crippen LogP contribution in [0.5, 0.6) is 11.5 Å². The van der Waals surface area contributed by atoms with Gasteiger partial charge in [0.05, 0.1) is 18.7 Å². The van der Waals surface area contributed by atoms with Crippen molar-refractivity contribution >= 4 is 33.2 Å². The molecule has 2 aromatic rings. The van der Waals surface area contributed by atoms with Crippen LogP contribution in [0.25, 0.3) is 0 Å². The molecule has 24 heavy (non-hydrogen) atoms. The van der Waals surface area contributed by atoms with Crippen LogP contribution in [0.15, 0.2) is 41.3 Å². The van der Waals surface area contributed by atoms with Crippen molar-refractivity contribution in [1.29, 1.82) is 0 Å². The van der Waals surface area contributed by atoms with Gasteiger partial charge in [-0.05, 0) is 42.8 Å². The first kappa shape index (κ1) is 18.9. The van der Waals surface area contributed by atoms with Gasteiger partial charge in [0.25, 0.3) is 0 Å². The standard InChI is InChI=1S/C16H17Cl2NO4S/c1-3-23-15-8-11(4-7-14(15)22-2)10-19-24(20,21)16-9-12(17)5-6-13(16)18/h4-9,19H,3,10H2,1-2H3. The van der Waals surface area contributed by atoms with Gasteiger partial charge in [-0.25, -0.2) is 13.1 Å². The van der Waals surface area contributed by atoms with E-state index in [-0.39, 0.29) is 16.5 Å². The first-order valence-electron chi connectivity index (χ1n) is 7.11. The van der Waals surface area contributed by atoms with Crippen molar-refractivity contribution in [1.82, 2.24) is 4.72 Å². The van der Waals surface area contributed by atoms with Crippen LogP contribution in [-0.2, 0) is 16.6 Å². The van der Waals surface area contributed by atoms with Crippen LogP contribution in [0.4, 0.5) is 0 Å². The molecule has 5 nitrogen and oxygen atoms in total. The molecule has 0 unspecified atom stereocenters. The third-order valence-electron chi connectivity index (χ3n) is 3.18. The fourth-order valence-corrected chi connectivity index (χ4v) is 3.82. The van der Waals surface area contributed by atoms with Gasteiger partial charge in [-0.2, -0.15) is 0 Å². The minimum Gasteiger partial charge on any atom is -0.493 e. The van der Waals surface area contributed by atoms with Gasteiger partial charge in [-0.15, -0.1) is 0 Å². The maximum atomic E-state index is 12.4. The van der Waals surface area contributed by atoms with E-state index in [1.165, 1.54) is 18.2 Å². The average molecular weight is 390 g/mol. The zero-order chi connectivity index (χ0) is 17.7. The number of halogens is 2. The summed E-state index contributed by atoms with van der Waals surface area (Å²) in [5.74, 6) is 1.14. The summed E-state index contributed by atoms with van der Waals surface area (Å²) >= 11 is 11.8. The highest BCUT2D eigenvalue weighted by Crippen LogP contribution is 2.29. The second-order valence-corrected chi connectivity index (χ2v) is 7.40. The molecule has 0 aliphatic carbocycles. The molecule has 0 spiro atoms. The summed E-state index contributed by atoms with van der Waals surface area (Å²) in [6.07, 6.45) is 0.